The van der Waals surface area contributed by atoms with Gasteiger partial charge < -0.3 is 14.6 Å². The second-order valence-corrected chi connectivity index (χ2v) is 6.29. The molecule has 1 N–H and O–H groups in total. The Morgan fingerprint density at radius 3 is 2.91 bits per heavy atom. The van der Waals surface area contributed by atoms with Crippen molar-refractivity contribution < 1.29 is 14.6 Å². The Balaban J connectivity index is 1.92. The summed E-state index contributed by atoms with van der Waals surface area (Å²) in [4.78, 5) is 2.38. The third-order valence-corrected chi connectivity index (χ3v) is 5.21. The second kappa shape index (κ2) is 4.17. The molecule has 22 heavy (non-hydrogen) atoms. The molecule has 3 aliphatic rings. The van der Waals surface area contributed by atoms with Crippen molar-refractivity contribution in [2.45, 2.75) is 18.9 Å². The van der Waals surface area contributed by atoms with Crippen LogP contribution in [0, 0.1) is 0 Å². The number of hydrogen-bond acceptors (Lipinski definition) is 4. The molecule has 2 aromatic carbocycles. The molecule has 5 rings (SSSR count). The lowest BCUT2D eigenvalue weighted by molar-refractivity contribution is 0.171. The molecule has 4 heteroatoms. The van der Waals surface area contributed by atoms with Crippen molar-refractivity contribution in [1.29, 1.82) is 0 Å². The van der Waals surface area contributed by atoms with Crippen LogP contribution in [0.5, 0.6) is 17.2 Å². The lowest BCUT2D eigenvalue weighted by atomic mass is 9.76. The van der Waals surface area contributed by atoms with Gasteiger partial charge in [-0.05, 0) is 36.6 Å². The van der Waals surface area contributed by atoms with Crippen molar-refractivity contribution in [3.63, 3.8) is 0 Å². The van der Waals surface area contributed by atoms with Crippen LogP contribution in [-0.2, 0) is 12.8 Å². The third-order valence-electron chi connectivity index (χ3n) is 5.21. The lowest BCUT2D eigenvalue weighted by Gasteiger charge is -2.40. The molecule has 0 spiro atoms. The van der Waals surface area contributed by atoms with Crippen LogP contribution in [-0.4, -0.2) is 30.4 Å². The Bertz CT molecular complexity index is 799. The van der Waals surface area contributed by atoms with E-state index in [4.69, 9.17) is 9.47 Å². The van der Waals surface area contributed by atoms with E-state index in [0.29, 0.717) is 17.5 Å². The summed E-state index contributed by atoms with van der Waals surface area (Å²) in [5.74, 6) is 1.51. The largest absolute Gasteiger partial charge is 0.504 e. The summed E-state index contributed by atoms with van der Waals surface area (Å²) in [7, 11) is 2.16. The van der Waals surface area contributed by atoms with Gasteiger partial charge in [0.25, 0.3) is 0 Å². The normalized spacial score (nSPS) is 21.4. The van der Waals surface area contributed by atoms with Crippen molar-refractivity contribution in [3.8, 4) is 28.4 Å². The smallest absolute Gasteiger partial charge is 0.231 e. The maximum Gasteiger partial charge on any atom is 0.231 e. The fourth-order valence-electron chi connectivity index (χ4n) is 4.14. The number of rotatable bonds is 0. The number of ether oxygens (including phenoxy) is 2. The standard InChI is InChI=1S/C18H17NO3/c1-19-7-6-12-14-13(19)8-10-4-2-3-5-11(10)15(14)17-18(16(12)20)22-9-21-17/h2-5,13,20H,6-9H2,1H3. The highest BCUT2D eigenvalue weighted by molar-refractivity contribution is 5.86. The molecule has 2 heterocycles. The first-order chi connectivity index (χ1) is 10.8. The third kappa shape index (κ3) is 1.40. The highest BCUT2D eigenvalue weighted by Crippen LogP contribution is 2.57. The molecule has 1 atom stereocenters. The van der Waals surface area contributed by atoms with Crippen LogP contribution in [0.25, 0.3) is 11.1 Å². The Hall–Kier alpha value is -2.20. The van der Waals surface area contributed by atoms with E-state index in [1.54, 1.807) is 0 Å². The summed E-state index contributed by atoms with van der Waals surface area (Å²) in [6.45, 7) is 1.13. The summed E-state index contributed by atoms with van der Waals surface area (Å²) in [6, 6.07) is 8.79. The molecule has 2 aromatic rings. The quantitative estimate of drug-likeness (QED) is 0.811. The minimum atomic E-state index is 0.182. The molecule has 112 valence electrons. The molecular weight excluding hydrogens is 278 g/mol. The molecule has 1 aliphatic carbocycles. The Morgan fingerprint density at radius 1 is 1.18 bits per heavy atom. The van der Waals surface area contributed by atoms with Gasteiger partial charge in [-0.2, -0.15) is 0 Å². The Morgan fingerprint density at radius 2 is 2.00 bits per heavy atom. The van der Waals surface area contributed by atoms with Gasteiger partial charge in [0.15, 0.2) is 11.5 Å². The first-order valence-corrected chi connectivity index (χ1v) is 7.71. The van der Waals surface area contributed by atoms with E-state index in [0.717, 1.165) is 30.5 Å². The van der Waals surface area contributed by atoms with Gasteiger partial charge in [0, 0.05) is 23.7 Å². The van der Waals surface area contributed by atoms with Gasteiger partial charge in [-0.25, -0.2) is 0 Å². The van der Waals surface area contributed by atoms with Crippen LogP contribution < -0.4 is 9.47 Å². The number of likely N-dealkylation sites (N-methyl/N-ethyl adjacent to an activating group) is 1. The number of hydrogen-bond donors (Lipinski definition) is 1. The molecule has 0 radical (unpaired) electrons. The van der Waals surface area contributed by atoms with E-state index in [1.807, 2.05) is 0 Å². The Labute approximate surface area is 128 Å². The summed E-state index contributed by atoms with van der Waals surface area (Å²) >= 11 is 0. The van der Waals surface area contributed by atoms with Crippen molar-refractivity contribution in [1.82, 2.24) is 4.90 Å². The summed E-state index contributed by atoms with van der Waals surface area (Å²) < 4.78 is 11.3. The van der Waals surface area contributed by atoms with Gasteiger partial charge >= 0.3 is 0 Å². The lowest BCUT2D eigenvalue weighted by Crippen LogP contribution is -2.35. The number of benzene rings is 2. The fourth-order valence-corrected chi connectivity index (χ4v) is 4.14. The number of phenols is 1. The van der Waals surface area contributed by atoms with Crippen LogP contribution in [0.4, 0.5) is 0 Å². The SMILES string of the molecule is CN1CCc2c(O)c3c(c4c2C1Cc1ccccc1-4)OCO3. The van der Waals surface area contributed by atoms with Crippen LogP contribution in [0.2, 0.25) is 0 Å². The molecule has 2 aliphatic heterocycles. The molecule has 1 unspecified atom stereocenters. The van der Waals surface area contributed by atoms with Gasteiger partial charge in [-0.15, -0.1) is 0 Å². The predicted octanol–water partition coefficient (Wildman–Crippen LogP) is 2.87. The maximum atomic E-state index is 10.6. The van der Waals surface area contributed by atoms with Crippen molar-refractivity contribution >= 4 is 0 Å². The van der Waals surface area contributed by atoms with E-state index in [2.05, 4.69) is 36.2 Å². The van der Waals surface area contributed by atoms with Crippen LogP contribution in [0.1, 0.15) is 22.7 Å². The van der Waals surface area contributed by atoms with E-state index in [1.165, 1.54) is 16.7 Å². The topological polar surface area (TPSA) is 41.9 Å². The number of phenolic OH excluding ortho intramolecular Hbond substituents is 1. The molecule has 0 saturated carbocycles. The molecule has 0 amide bonds. The van der Waals surface area contributed by atoms with Crippen LogP contribution in [0.15, 0.2) is 24.3 Å². The van der Waals surface area contributed by atoms with E-state index in [-0.39, 0.29) is 12.5 Å². The highest BCUT2D eigenvalue weighted by atomic mass is 16.7. The van der Waals surface area contributed by atoms with Gasteiger partial charge in [0.2, 0.25) is 12.5 Å². The number of fused-ring (bicyclic) bond motifs is 4. The van der Waals surface area contributed by atoms with E-state index >= 15 is 0 Å². The minimum absolute atomic E-state index is 0.182. The molecule has 0 fully saturated rings. The summed E-state index contributed by atoms with van der Waals surface area (Å²) in [5.41, 5.74) is 5.94. The van der Waals surface area contributed by atoms with Crippen LogP contribution in [0.3, 0.4) is 0 Å². The summed E-state index contributed by atoms with van der Waals surface area (Å²) in [5, 5.41) is 10.6. The van der Waals surface area contributed by atoms with Gasteiger partial charge in [0.05, 0.1) is 0 Å². The van der Waals surface area contributed by atoms with E-state index < -0.39 is 0 Å². The number of nitrogens with zero attached hydrogens (tertiary/aromatic N) is 1. The molecule has 4 nitrogen and oxygen atoms in total. The van der Waals surface area contributed by atoms with Gasteiger partial charge in [-0.3, -0.25) is 4.90 Å². The average molecular weight is 295 g/mol. The zero-order chi connectivity index (χ0) is 14.8. The molecule has 0 bridgehead atoms. The second-order valence-electron chi connectivity index (χ2n) is 6.29. The van der Waals surface area contributed by atoms with Gasteiger partial charge in [0.1, 0.15) is 0 Å². The van der Waals surface area contributed by atoms with E-state index in [9.17, 15) is 5.11 Å². The number of aromatic hydroxyl groups is 1. The first kappa shape index (κ1) is 12.4. The molecule has 0 aromatic heterocycles. The van der Waals surface area contributed by atoms with Crippen molar-refractivity contribution in [3.05, 3.63) is 41.0 Å². The van der Waals surface area contributed by atoms with Crippen LogP contribution >= 0.6 is 0 Å². The maximum absolute atomic E-state index is 10.6. The van der Waals surface area contributed by atoms with Crippen molar-refractivity contribution in [2.75, 3.05) is 20.4 Å². The highest BCUT2D eigenvalue weighted by Gasteiger charge is 2.39. The first-order valence-electron chi connectivity index (χ1n) is 7.71. The monoisotopic (exact) mass is 295 g/mol. The predicted molar refractivity (Wildman–Crippen MR) is 82.4 cm³/mol. The molecule has 0 saturated heterocycles. The fraction of sp³-hybridized carbons (Fsp3) is 0.333. The molecular formula is C18H17NO3. The van der Waals surface area contributed by atoms with Crippen molar-refractivity contribution in [2.24, 2.45) is 0 Å². The van der Waals surface area contributed by atoms with Gasteiger partial charge in [-0.1, -0.05) is 24.3 Å². The zero-order valence-corrected chi connectivity index (χ0v) is 12.4. The minimum Gasteiger partial charge on any atom is -0.504 e. The summed E-state index contributed by atoms with van der Waals surface area (Å²) in [6.07, 6.45) is 1.83. The zero-order valence-electron chi connectivity index (χ0n) is 12.4. The Kier molecular flexibility index (Phi) is 2.34. The average Bonchev–Trinajstić information content (AvgIpc) is 3.02.